The van der Waals surface area contributed by atoms with E-state index in [1.165, 1.54) is 12.1 Å². The minimum Gasteiger partial charge on any atom is -0.349 e. The van der Waals surface area contributed by atoms with E-state index < -0.39 is 17.6 Å². The number of alkyl halides is 3. The number of nitrogens with one attached hydrogen (secondary N) is 1. The Bertz CT molecular complexity index is 533. The maximum Gasteiger partial charge on any atom is 0.417 e. The molecule has 0 radical (unpaired) electrons. The van der Waals surface area contributed by atoms with E-state index in [-0.39, 0.29) is 22.0 Å². The molecule has 116 valence electrons. The van der Waals surface area contributed by atoms with E-state index in [4.69, 9.17) is 5.73 Å². The highest BCUT2D eigenvalue weighted by Crippen LogP contribution is 2.35. The lowest BCUT2D eigenvalue weighted by Crippen LogP contribution is -2.39. The summed E-state index contributed by atoms with van der Waals surface area (Å²) in [6.07, 6.45) is -1.77. The van der Waals surface area contributed by atoms with Crippen molar-refractivity contribution in [2.24, 2.45) is 11.7 Å². The summed E-state index contributed by atoms with van der Waals surface area (Å²) in [5.74, 6) is -0.287. The van der Waals surface area contributed by atoms with Crippen LogP contribution in [0.5, 0.6) is 0 Å². The van der Waals surface area contributed by atoms with Crippen LogP contribution in [0, 0.1) is 5.92 Å². The Morgan fingerprint density at radius 1 is 1.38 bits per heavy atom. The molecule has 1 aromatic rings. The van der Waals surface area contributed by atoms with Crippen LogP contribution in [0.25, 0.3) is 0 Å². The molecule has 0 saturated heterocycles. The Labute approximate surface area is 129 Å². The van der Waals surface area contributed by atoms with Gasteiger partial charge in [0.15, 0.2) is 0 Å². The molecule has 0 aliphatic heterocycles. The van der Waals surface area contributed by atoms with E-state index in [0.717, 1.165) is 25.3 Å². The van der Waals surface area contributed by atoms with Crippen molar-refractivity contribution in [3.05, 3.63) is 33.8 Å². The third-order valence-corrected chi connectivity index (χ3v) is 4.50. The van der Waals surface area contributed by atoms with Gasteiger partial charge in [-0.05, 0) is 43.5 Å². The molecule has 2 unspecified atom stereocenters. The zero-order chi connectivity index (χ0) is 15.6. The van der Waals surface area contributed by atoms with Crippen molar-refractivity contribution in [3.63, 3.8) is 0 Å². The predicted octanol–water partition coefficient (Wildman–Crippen LogP) is 3.33. The first kappa shape index (κ1) is 16.3. The maximum absolute atomic E-state index is 12.8. The first-order valence-electron chi connectivity index (χ1n) is 6.70. The molecular weight excluding hydrogens is 349 g/mol. The molecule has 21 heavy (non-hydrogen) atoms. The molecule has 1 amide bonds. The van der Waals surface area contributed by atoms with Crippen molar-refractivity contribution < 1.29 is 18.0 Å². The zero-order valence-electron chi connectivity index (χ0n) is 11.2. The van der Waals surface area contributed by atoms with Gasteiger partial charge in [0.05, 0.1) is 5.56 Å². The molecule has 0 spiro atoms. The van der Waals surface area contributed by atoms with Crippen LogP contribution >= 0.6 is 15.9 Å². The standard InChI is InChI=1S/C14H16BrF3N2O/c15-11-5-4-8(6-10(11)14(16,17)18)13(21)20-12-3-1-2-9(12)7-19/h4-6,9,12H,1-3,7,19H2,(H,20,21). The van der Waals surface area contributed by atoms with Crippen LogP contribution in [0.3, 0.4) is 0 Å². The van der Waals surface area contributed by atoms with Crippen molar-refractivity contribution in [2.45, 2.75) is 31.5 Å². The van der Waals surface area contributed by atoms with Crippen LogP contribution in [-0.4, -0.2) is 18.5 Å². The summed E-state index contributed by atoms with van der Waals surface area (Å²) in [6, 6.07) is 3.43. The molecule has 3 N–H and O–H groups in total. The van der Waals surface area contributed by atoms with E-state index in [1.54, 1.807) is 0 Å². The van der Waals surface area contributed by atoms with E-state index in [2.05, 4.69) is 21.2 Å². The second-order valence-corrected chi connectivity index (χ2v) is 6.05. The fourth-order valence-electron chi connectivity index (χ4n) is 2.64. The number of amides is 1. The zero-order valence-corrected chi connectivity index (χ0v) is 12.8. The fourth-order valence-corrected chi connectivity index (χ4v) is 3.12. The summed E-state index contributed by atoms with van der Waals surface area (Å²) in [5.41, 5.74) is 4.79. The quantitative estimate of drug-likeness (QED) is 0.864. The van der Waals surface area contributed by atoms with Crippen LogP contribution in [0.2, 0.25) is 0 Å². The summed E-state index contributed by atoms with van der Waals surface area (Å²) in [4.78, 5) is 12.1. The van der Waals surface area contributed by atoms with Crippen LogP contribution in [-0.2, 0) is 6.18 Å². The minimum atomic E-state index is -4.50. The van der Waals surface area contributed by atoms with Crippen LogP contribution in [0.15, 0.2) is 22.7 Å². The summed E-state index contributed by atoms with van der Waals surface area (Å²) in [5, 5.41) is 2.79. The number of halogens is 4. The smallest absolute Gasteiger partial charge is 0.349 e. The van der Waals surface area contributed by atoms with Crippen LogP contribution in [0.1, 0.15) is 35.2 Å². The average molecular weight is 365 g/mol. The summed E-state index contributed by atoms with van der Waals surface area (Å²) < 4.78 is 38.4. The monoisotopic (exact) mass is 364 g/mol. The molecule has 2 atom stereocenters. The summed E-state index contributed by atoms with van der Waals surface area (Å²) in [6.45, 7) is 0.471. The third-order valence-electron chi connectivity index (χ3n) is 3.81. The van der Waals surface area contributed by atoms with Gasteiger partial charge in [-0.2, -0.15) is 13.2 Å². The van der Waals surface area contributed by atoms with Gasteiger partial charge in [-0.25, -0.2) is 0 Å². The van der Waals surface area contributed by atoms with Crippen molar-refractivity contribution >= 4 is 21.8 Å². The van der Waals surface area contributed by atoms with Gasteiger partial charge < -0.3 is 11.1 Å². The molecule has 1 aliphatic rings. The molecule has 0 heterocycles. The molecule has 1 aliphatic carbocycles. The Balaban J connectivity index is 2.16. The third kappa shape index (κ3) is 3.77. The van der Waals surface area contributed by atoms with Gasteiger partial charge in [0.1, 0.15) is 0 Å². The van der Waals surface area contributed by atoms with Crippen molar-refractivity contribution in [1.29, 1.82) is 0 Å². The second kappa shape index (κ2) is 6.36. The van der Waals surface area contributed by atoms with Gasteiger partial charge in [0.25, 0.3) is 5.91 Å². The minimum absolute atomic E-state index is 0.00759. The van der Waals surface area contributed by atoms with Gasteiger partial charge >= 0.3 is 6.18 Å². The van der Waals surface area contributed by atoms with Gasteiger partial charge in [0.2, 0.25) is 0 Å². The van der Waals surface area contributed by atoms with Crippen LogP contribution in [0.4, 0.5) is 13.2 Å². The second-order valence-electron chi connectivity index (χ2n) is 5.20. The lowest BCUT2D eigenvalue weighted by molar-refractivity contribution is -0.138. The predicted molar refractivity (Wildman–Crippen MR) is 76.8 cm³/mol. The Kier molecular flexibility index (Phi) is 4.93. The maximum atomic E-state index is 12.8. The molecule has 0 aromatic heterocycles. The lowest BCUT2D eigenvalue weighted by Gasteiger charge is -2.20. The molecule has 0 bridgehead atoms. The molecule has 2 rings (SSSR count). The fraction of sp³-hybridized carbons (Fsp3) is 0.500. The lowest BCUT2D eigenvalue weighted by atomic mass is 10.0. The van der Waals surface area contributed by atoms with E-state index in [9.17, 15) is 18.0 Å². The molecule has 7 heteroatoms. The van der Waals surface area contributed by atoms with E-state index in [1.807, 2.05) is 0 Å². The molecular formula is C14H16BrF3N2O. The largest absolute Gasteiger partial charge is 0.417 e. The average Bonchev–Trinajstić information content (AvgIpc) is 2.85. The number of nitrogens with two attached hydrogens (primary N) is 1. The molecule has 1 aromatic carbocycles. The number of benzene rings is 1. The summed E-state index contributed by atoms with van der Waals surface area (Å²) in [7, 11) is 0. The SMILES string of the molecule is NCC1CCCC1NC(=O)c1ccc(Br)c(C(F)(F)F)c1. The Morgan fingerprint density at radius 3 is 2.71 bits per heavy atom. The summed E-state index contributed by atoms with van der Waals surface area (Å²) >= 11 is 2.86. The van der Waals surface area contributed by atoms with Crippen molar-refractivity contribution in [3.8, 4) is 0 Å². The van der Waals surface area contributed by atoms with Gasteiger partial charge in [0, 0.05) is 16.1 Å². The van der Waals surface area contributed by atoms with Crippen molar-refractivity contribution in [1.82, 2.24) is 5.32 Å². The number of rotatable bonds is 3. The van der Waals surface area contributed by atoms with Crippen molar-refractivity contribution in [2.75, 3.05) is 6.54 Å². The number of hydrogen-bond acceptors (Lipinski definition) is 2. The Hall–Kier alpha value is -1.08. The normalized spacial score (nSPS) is 22.3. The molecule has 1 saturated carbocycles. The highest BCUT2D eigenvalue weighted by molar-refractivity contribution is 9.10. The van der Waals surface area contributed by atoms with E-state index >= 15 is 0 Å². The van der Waals surface area contributed by atoms with Gasteiger partial charge in [-0.15, -0.1) is 0 Å². The van der Waals surface area contributed by atoms with Crippen LogP contribution < -0.4 is 11.1 Å². The number of hydrogen-bond donors (Lipinski definition) is 2. The highest BCUT2D eigenvalue weighted by atomic mass is 79.9. The Morgan fingerprint density at radius 2 is 2.10 bits per heavy atom. The molecule has 1 fully saturated rings. The number of carbonyl (C=O) groups excluding carboxylic acids is 1. The van der Waals surface area contributed by atoms with E-state index in [0.29, 0.717) is 6.54 Å². The van der Waals surface area contributed by atoms with Gasteiger partial charge in [-0.3, -0.25) is 4.79 Å². The first-order chi connectivity index (χ1) is 9.82. The molecule has 3 nitrogen and oxygen atoms in total. The highest BCUT2D eigenvalue weighted by Gasteiger charge is 2.34. The number of carbonyl (C=O) groups is 1. The first-order valence-corrected chi connectivity index (χ1v) is 7.50. The van der Waals surface area contributed by atoms with Gasteiger partial charge in [-0.1, -0.05) is 22.4 Å². The topological polar surface area (TPSA) is 55.1 Å².